The minimum Gasteiger partial charge on any atom is -0.348 e. The van der Waals surface area contributed by atoms with Crippen LogP contribution in [0.1, 0.15) is 63.5 Å². The summed E-state index contributed by atoms with van der Waals surface area (Å²) in [7, 11) is 1.76. The predicted octanol–water partition coefficient (Wildman–Crippen LogP) is 5.06. The normalized spacial score (nSPS) is 28.8. The molecule has 0 aromatic heterocycles. The highest BCUT2D eigenvalue weighted by atomic mass is 35.5. The van der Waals surface area contributed by atoms with Gasteiger partial charge < -0.3 is 15.5 Å². The average Bonchev–Trinajstić information content (AvgIpc) is 3.38. The van der Waals surface area contributed by atoms with Gasteiger partial charge in [0.2, 0.25) is 5.91 Å². The van der Waals surface area contributed by atoms with Crippen molar-refractivity contribution in [3.8, 4) is 0 Å². The zero-order chi connectivity index (χ0) is 21.7. The van der Waals surface area contributed by atoms with E-state index in [1.54, 1.807) is 11.9 Å². The molecule has 0 bridgehead atoms. The van der Waals surface area contributed by atoms with E-state index in [0.29, 0.717) is 19.4 Å². The van der Waals surface area contributed by atoms with Crippen LogP contribution in [0.4, 0.5) is 9.18 Å². The Labute approximate surface area is 186 Å². The van der Waals surface area contributed by atoms with Gasteiger partial charge in [-0.25, -0.2) is 9.18 Å². The number of carbonyl (C=O) groups excluding carboxylic acids is 2. The molecule has 3 fully saturated rings. The number of benzene rings is 1. The third-order valence-corrected chi connectivity index (χ3v) is 8.15. The molecule has 2 aliphatic carbocycles. The van der Waals surface area contributed by atoms with Crippen LogP contribution in [0.2, 0.25) is 10.0 Å². The first-order chi connectivity index (χ1) is 14.1. The van der Waals surface area contributed by atoms with Crippen LogP contribution in [-0.2, 0) is 4.79 Å². The Morgan fingerprint density at radius 3 is 2.63 bits per heavy atom. The molecule has 3 atom stereocenters. The maximum atomic E-state index is 14.9. The summed E-state index contributed by atoms with van der Waals surface area (Å²) < 4.78 is 14.9. The van der Waals surface area contributed by atoms with Crippen molar-refractivity contribution in [1.29, 1.82) is 0 Å². The van der Waals surface area contributed by atoms with Crippen LogP contribution in [0.15, 0.2) is 12.1 Å². The minimum atomic E-state index is -0.545. The number of carbonyl (C=O) groups is 2. The molecule has 164 valence electrons. The number of nitrogens with zero attached hydrogens (tertiary/aromatic N) is 1. The fourth-order valence-electron chi connectivity index (χ4n) is 5.63. The van der Waals surface area contributed by atoms with Gasteiger partial charge in [-0.1, -0.05) is 43.0 Å². The van der Waals surface area contributed by atoms with E-state index in [0.717, 1.165) is 32.1 Å². The summed E-state index contributed by atoms with van der Waals surface area (Å²) in [5, 5.41) is 6.64. The zero-order valence-electron chi connectivity index (χ0n) is 17.4. The van der Waals surface area contributed by atoms with Crippen LogP contribution < -0.4 is 10.6 Å². The number of nitrogens with one attached hydrogen (secondary N) is 2. The molecule has 1 heterocycles. The predicted molar refractivity (Wildman–Crippen MR) is 115 cm³/mol. The monoisotopic (exact) mass is 455 g/mol. The lowest BCUT2D eigenvalue weighted by atomic mass is 9.76. The molecule has 1 aromatic carbocycles. The van der Waals surface area contributed by atoms with Gasteiger partial charge in [0, 0.05) is 25.1 Å². The van der Waals surface area contributed by atoms with Crippen molar-refractivity contribution in [3.05, 3.63) is 33.6 Å². The summed E-state index contributed by atoms with van der Waals surface area (Å²) in [5.41, 5.74) is -0.355. The SMILES string of the molecule is CN1C[C@@]2(CC[C@@H](C(=O)N[C@H](c3c(F)ccc(Cl)c3Cl)C3(C)CCCC3)C2)NC1=O. The zero-order valence-corrected chi connectivity index (χ0v) is 18.9. The molecule has 3 amide bonds. The minimum absolute atomic E-state index is 0.0971. The van der Waals surface area contributed by atoms with Gasteiger partial charge in [0.25, 0.3) is 0 Å². The van der Waals surface area contributed by atoms with E-state index in [1.807, 2.05) is 0 Å². The standard InChI is InChI=1S/C22H28Cl2FN3O2/c1-21(8-3-4-9-21)18(16-15(25)6-5-14(23)17(16)24)26-19(29)13-7-10-22(11-13)12-28(2)20(30)27-22/h5-6,13,18H,3-4,7-12H2,1-2H3,(H,26,29)(H,27,30)/t13-,18-,22+/m1/s1. The van der Waals surface area contributed by atoms with Gasteiger partial charge in [-0.2, -0.15) is 0 Å². The van der Waals surface area contributed by atoms with Gasteiger partial charge >= 0.3 is 6.03 Å². The Morgan fingerprint density at radius 2 is 2.00 bits per heavy atom. The first kappa shape index (κ1) is 21.7. The van der Waals surface area contributed by atoms with Gasteiger partial charge in [-0.3, -0.25) is 4.79 Å². The lowest BCUT2D eigenvalue weighted by molar-refractivity contribution is -0.126. The van der Waals surface area contributed by atoms with E-state index >= 15 is 0 Å². The number of hydrogen-bond acceptors (Lipinski definition) is 2. The summed E-state index contributed by atoms with van der Waals surface area (Å²) >= 11 is 12.6. The van der Waals surface area contributed by atoms with Crippen molar-refractivity contribution in [3.63, 3.8) is 0 Å². The second-order valence-corrected chi connectivity index (χ2v) is 10.4. The first-order valence-corrected chi connectivity index (χ1v) is 11.4. The second kappa shape index (κ2) is 7.86. The third-order valence-electron chi connectivity index (χ3n) is 7.34. The van der Waals surface area contributed by atoms with Crippen molar-refractivity contribution in [1.82, 2.24) is 15.5 Å². The summed E-state index contributed by atoms with van der Waals surface area (Å²) in [4.78, 5) is 26.9. The van der Waals surface area contributed by atoms with Crippen molar-refractivity contribution >= 4 is 35.1 Å². The molecule has 0 unspecified atom stereocenters. The molecule has 4 rings (SSSR count). The highest BCUT2D eigenvalue weighted by Crippen LogP contribution is 2.50. The fourth-order valence-corrected chi connectivity index (χ4v) is 6.06. The highest BCUT2D eigenvalue weighted by Gasteiger charge is 2.49. The maximum Gasteiger partial charge on any atom is 0.317 e. The number of urea groups is 1. The van der Waals surface area contributed by atoms with Gasteiger partial charge in [-0.05, 0) is 49.7 Å². The summed E-state index contributed by atoms with van der Waals surface area (Å²) in [5.74, 6) is -0.787. The Bertz CT molecular complexity index is 874. The van der Waals surface area contributed by atoms with E-state index in [1.165, 1.54) is 12.1 Å². The Hall–Kier alpha value is -1.53. The maximum absolute atomic E-state index is 14.9. The summed E-state index contributed by atoms with van der Waals surface area (Å²) in [6.07, 6.45) is 5.88. The highest BCUT2D eigenvalue weighted by molar-refractivity contribution is 6.42. The molecule has 1 aromatic rings. The lowest BCUT2D eigenvalue weighted by Crippen LogP contribution is -2.44. The molecule has 1 aliphatic heterocycles. The van der Waals surface area contributed by atoms with Crippen LogP contribution in [-0.4, -0.2) is 36.0 Å². The van der Waals surface area contributed by atoms with Gasteiger partial charge in [-0.15, -0.1) is 0 Å². The molecular formula is C22H28Cl2FN3O2. The molecule has 8 heteroatoms. The molecule has 1 saturated heterocycles. The van der Waals surface area contributed by atoms with Crippen molar-refractivity contribution in [2.45, 2.75) is 63.5 Å². The van der Waals surface area contributed by atoms with Crippen LogP contribution in [0.3, 0.4) is 0 Å². The largest absolute Gasteiger partial charge is 0.348 e. The molecule has 2 N–H and O–H groups in total. The first-order valence-electron chi connectivity index (χ1n) is 10.6. The third kappa shape index (κ3) is 3.77. The van der Waals surface area contributed by atoms with Gasteiger partial charge in [0.15, 0.2) is 0 Å². The van der Waals surface area contributed by atoms with Crippen LogP contribution in [0, 0.1) is 17.2 Å². The second-order valence-electron chi connectivity index (χ2n) is 9.57. The molecule has 30 heavy (non-hydrogen) atoms. The smallest absolute Gasteiger partial charge is 0.317 e. The van der Waals surface area contributed by atoms with Crippen LogP contribution in [0.5, 0.6) is 0 Å². The number of halogens is 3. The number of amides is 3. The Kier molecular flexibility index (Phi) is 5.69. The quantitative estimate of drug-likeness (QED) is 0.622. The molecular weight excluding hydrogens is 428 g/mol. The average molecular weight is 456 g/mol. The molecule has 0 radical (unpaired) electrons. The van der Waals surface area contributed by atoms with E-state index in [4.69, 9.17) is 23.2 Å². The number of rotatable bonds is 4. The fraction of sp³-hybridized carbons (Fsp3) is 0.636. The summed E-state index contributed by atoms with van der Waals surface area (Å²) in [6, 6.07) is 2.12. The lowest BCUT2D eigenvalue weighted by Gasteiger charge is -2.36. The molecule has 1 spiro atoms. The van der Waals surface area contributed by atoms with Crippen molar-refractivity contribution in [2.24, 2.45) is 11.3 Å². The van der Waals surface area contributed by atoms with Crippen molar-refractivity contribution in [2.75, 3.05) is 13.6 Å². The molecule has 5 nitrogen and oxygen atoms in total. The van der Waals surface area contributed by atoms with E-state index < -0.39 is 11.9 Å². The van der Waals surface area contributed by atoms with Crippen LogP contribution >= 0.6 is 23.2 Å². The Morgan fingerprint density at radius 1 is 1.30 bits per heavy atom. The summed E-state index contributed by atoms with van der Waals surface area (Å²) in [6.45, 7) is 2.69. The van der Waals surface area contributed by atoms with E-state index in [-0.39, 0.29) is 44.4 Å². The molecule has 2 saturated carbocycles. The Balaban J connectivity index is 1.58. The van der Waals surface area contributed by atoms with Gasteiger partial charge in [0.1, 0.15) is 5.82 Å². The van der Waals surface area contributed by atoms with Gasteiger partial charge in [0.05, 0.1) is 21.6 Å². The van der Waals surface area contributed by atoms with Crippen LogP contribution in [0.25, 0.3) is 0 Å². The van der Waals surface area contributed by atoms with E-state index in [2.05, 4.69) is 17.6 Å². The van der Waals surface area contributed by atoms with Crippen molar-refractivity contribution < 1.29 is 14.0 Å². The number of likely N-dealkylation sites (N-methyl/N-ethyl adjacent to an activating group) is 1. The molecule has 3 aliphatic rings. The van der Waals surface area contributed by atoms with E-state index in [9.17, 15) is 14.0 Å². The number of hydrogen-bond donors (Lipinski definition) is 2. The topological polar surface area (TPSA) is 61.4 Å².